The summed E-state index contributed by atoms with van der Waals surface area (Å²) in [5, 5.41) is 12.0. The SMILES string of the molecule is O=C(C=Cc1ccccc1NC(=O)c1cnc(-c2ccccn2)s1)NO. The van der Waals surface area contributed by atoms with Gasteiger partial charge in [0.05, 0.1) is 11.9 Å². The first-order valence-corrected chi connectivity index (χ1v) is 8.39. The monoisotopic (exact) mass is 366 g/mol. The molecule has 3 aromatic rings. The normalized spacial score (nSPS) is 10.7. The minimum atomic E-state index is -0.659. The lowest BCUT2D eigenvalue weighted by Crippen LogP contribution is -2.15. The maximum Gasteiger partial charge on any atom is 0.267 e. The summed E-state index contributed by atoms with van der Waals surface area (Å²) in [4.78, 5) is 32.5. The smallest absolute Gasteiger partial charge is 0.267 e. The topological polar surface area (TPSA) is 104 Å². The van der Waals surface area contributed by atoms with Crippen molar-refractivity contribution in [3.8, 4) is 10.7 Å². The van der Waals surface area contributed by atoms with Gasteiger partial charge in [0.15, 0.2) is 0 Å². The van der Waals surface area contributed by atoms with Crippen LogP contribution >= 0.6 is 11.3 Å². The third kappa shape index (κ3) is 4.18. The molecule has 0 fully saturated rings. The van der Waals surface area contributed by atoms with Crippen molar-refractivity contribution in [3.63, 3.8) is 0 Å². The number of benzene rings is 1. The lowest BCUT2D eigenvalue weighted by molar-refractivity contribution is -0.124. The molecule has 3 rings (SSSR count). The first-order chi connectivity index (χ1) is 12.7. The summed E-state index contributed by atoms with van der Waals surface area (Å²) in [6.45, 7) is 0. The number of aromatic nitrogens is 2. The Morgan fingerprint density at radius 3 is 2.65 bits per heavy atom. The van der Waals surface area contributed by atoms with Crippen molar-refractivity contribution in [1.29, 1.82) is 0 Å². The van der Waals surface area contributed by atoms with E-state index in [1.165, 1.54) is 29.1 Å². The maximum atomic E-state index is 12.5. The van der Waals surface area contributed by atoms with Gasteiger partial charge in [-0.25, -0.2) is 10.5 Å². The third-order valence-corrected chi connectivity index (χ3v) is 4.37. The number of nitrogens with zero attached hydrogens (tertiary/aromatic N) is 2. The summed E-state index contributed by atoms with van der Waals surface area (Å²) in [7, 11) is 0. The fourth-order valence-electron chi connectivity index (χ4n) is 2.13. The number of amides is 2. The van der Waals surface area contributed by atoms with E-state index in [2.05, 4.69) is 15.3 Å². The number of hydrogen-bond donors (Lipinski definition) is 3. The summed E-state index contributed by atoms with van der Waals surface area (Å²) in [5.74, 6) is -0.967. The molecule has 0 spiro atoms. The van der Waals surface area contributed by atoms with Crippen LogP contribution in [0.3, 0.4) is 0 Å². The molecule has 0 saturated carbocycles. The van der Waals surface area contributed by atoms with Crippen molar-refractivity contribution in [2.45, 2.75) is 0 Å². The van der Waals surface area contributed by atoms with Crippen LogP contribution in [0.15, 0.2) is 60.9 Å². The standard InChI is InChI=1S/C18H14N4O3S/c23-16(22-25)9-8-12-5-1-2-6-13(12)21-17(24)15-11-20-18(26-15)14-7-3-4-10-19-14/h1-11,25H,(H,21,24)(H,22,23). The van der Waals surface area contributed by atoms with Crippen molar-refractivity contribution >= 4 is 34.9 Å². The summed E-state index contributed by atoms with van der Waals surface area (Å²) < 4.78 is 0. The van der Waals surface area contributed by atoms with E-state index in [9.17, 15) is 9.59 Å². The molecule has 3 N–H and O–H groups in total. The molecule has 2 aromatic heterocycles. The van der Waals surface area contributed by atoms with Crippen LogP contribution in [-0.2, 0) is 4.79 Å². The Labute approximate surface area is 153 Å². The number of carbonyl (C=O) groups excluding carboxylic acids is 2. The second kappa shape index (κ2) is 8.15. The van der Waals surface area contributed by atoms with Crippen LogP contribution in [0.4, 0.5) is 5.69 Å². The van der Waals surface area contributed by atoms with Gasteiger partial charge in [-0.1, -0.05) is 24.3 Å². The highest BCUT2D eigenvalue weighted by Gasteiger charge is 2.13. The Balaban J connectivity index is 1.78. The number of para-hydroxylation sites is 1. The van der Waals surface area contributed by atoms with E-state index < -0.39 is 5.91 Å². The molecule has 0 aliphatic carbocycles. The molecule has 1 aromatic carbocycles. The molecule has 0 bridgehead atoms. The van der Waals surface area contributed by atoms with Gasteiger partial charge in [-0.05, 0) is 29.8 Å². The highest BCUT2D eigenvalue weighted by Crippen LogP contribution is 2.24. The number of hydroxylamine groups is 1. The Morgan fingerprint density at radius 1 is 1.08 bits per heavy atom. The van der Waals surface area contributed by atoms with Gasteiger partial charge >= 0.3 is 0 Å². The quantitative estimate of drug-likeness (QED) is 0.366. The number of carbonyl (C=O) groups is 2. The molecule has 0 aliphatic heterocycles. The predicted molar refractivity (Wildman–Crippen MR) is 98.7 cm³/mol. The Kier molecular flexibility index (Phi) is 5.47. The average Bonchev–Trinajstić information content (AvgIpc) is 3.18. The molecule has 8 heteroatoms. The van der Waals surface area contributed by atoms with E-state index in [4.69, 9.17) is 5.21 Å². The van der Waals surface area contributed by atoms with Crippen molar-refractivity contribution in [2.24, 2.45) is 0 Å². The van der Waals surface area contributed by atoms with Gasteiger partial charge in [0.1, 0.15) is 9.88 Å². The molecule has 0 atom stereocenters. The Hall–Kier alpha value is -3.36. The van der Waals surface area contributed by atoms with Gasteiger partial charge in [0.2, 0.25) is 0 Å². The fourth-order valence-corrected chi connectivity index (χ4v) is 2.92. The zero-order valence-electron chi connectivity index (χ0n) is 13.4. The van der Waals surface area contributed by atoms with Crippen LogP contribution in [0.5, 0.6) is 0 Å². The predicted octanol–water partition coefficient (Wildman–Crippen LogP) is 2.98. The minimum Gasteiger partial charge on any atom is -0.321 e. The van der Waals surface area contributed by atoms with Gasteiger partial charge in [0, 0.05) is 18.0 Å². The van der Waals surface area contributed by atoms with Crippen LogP contribution in [0.1, 0.15) is 15.2 Å². The molecule has 2 amide bonds. The second-order valence-electron chi connectivity index (χ2n) is 5.10. The number of nitrogens with one attached hydrogen (secondary N) is 2. The van der Waals surface area contributed by atoms with E-state index in [-0.39, 0.29) is 5.91 Å². The zero-order chi connectivity index (χ0) is 18.4. The van der Waals surface area contributed by atoms with Crippen LogP contribution in [0.2, 0.25) is 0 Å². The molecule has 0 saturated heterocycles. The Morgan fingerprint density at radius 2 is 1.88 bits per heavy atom. The van der Waals surface area contributed by atoms with Crippen LogP contribution in [-0.4, -0.2) is 27.0 Å². The molecule has 7 nitrogen and oxygen atoms in total. The van der Waals surface area contributed by atoms with Crippen LogP contribution in [0.25, 0.3) is 16.8 Å². The van der Waals surface area contributed by atoms with E-state index in [1.807, 2.05) is 18.2 Å². The van der Waals surface area contributed by atoms with E-state index in [0.717, 1.165) is 6.08 Å². The van der Waals surface area contributed by atoms with Crippen molar-refractivity contribution < 1.29 is 14.8 Å². The number of anilines is 1. The highest BCUT2D eigenvalue weighted by molar-refractivity contribution is 7.17. The summed E-state index contributed by atoms with van der Waals surface area (Å²) in [6.07, 6.45) is 5.83. The number of thiazole rings is 1. The largest absolute Gasteiger partial charge is 0.321 e. The van der Waals surface area contributed by atoms with Crippen molar-refractivity contribution in [1.82, 2.24) is 15.4 Å². The molecule has 2 heterocycles. The van der Waals surface area contributed by atoms with Crippen LogP contribution in [0, 0.1) is 0 Å². The summed E-state index contributed by atoms with van der Waals surface area (Å²) in [6, 6.07) is 12.5. The molecular formula is C18H14N4O3S. The van der Waals surface area contributed by atoms with E-state index in [1.54, 1.807) is 30.5 Å². The third-order valence-electron chi connectivity index (χ3n) is 3.35. The lowest BCUT2D eigenvalue weighted by atomic mass is 10.1. The van der Waals surface area contributed by atoms with Gasteiger partial charge < -0.3 is 5.32 Å². The minimum absolute atomic E-state index is 0.308. The fraction of sp³-hybridized carbons (Fsp3) is 0. The van der Waals surface area contributed by atoms with Crippen LogP contribution < -0.4 is 10.8 Å². The zero-order valence-corrected chi connectivity index (χ0v) is 14.2. The summed E-state index contributed by atoms with van der Waals surface area (Å²) >= 11 is 1.24. The molecule has 26 heavy (non-hydrogen) atoms. The van der Waals surface area contributed by atoms with Gasteiger partial charge in [0.25, 0.3) is 11.8 Å². The molecular weight excluding hydrogens is 352 g/mol. The van der Waals surface area contributed by atoms with E-state index >= 15 is 0 Å². The van der Waals surface area contributed by atoms with Gasteiger partial charge in [-0.2, -0.15) is 0 Å². The number of pyridine rings is 1. The maximum absolute atomic E-state index is 12.5. The molecule has 130 valence electrons. The number of rotatable bonds is 5. The van der Waals surface area contributed by atoms with E-state index in [0.29, 0.717) is 26.8 Å². The second-order valence-corrected chi connectivity index (χ2v) is 6.13. The summed E-state index contributed by atoms with van der Waals surface area (Å²) in [5.41, 5.74) is 3.38. The van der Waals surface area contributed by atoms with Crippen molar-refractivity contribution in [3.05, 3.63) is 71.4 Å². The highest BCUT2D eigenvalue weighted by atomic mass is 32.1. The molecule has 0 aliphatic rings. The van der Waals surface area contributed by atoms with Crippen molar-refractivity contribution in [2.75, 3.05) is 5.32 Å². The Bertz CT molecular complexity index is 954. The first-order valence-electron chi connectivity index (χ1n) is 7.57. The molecule has 0 unspecified atom stereocenters. The molecule has 0 radical (unpaired) electrons. The first kappa shape index (κ1) is 17.5. The average molecular weight is 366 g/mol. The lowest BCUT2D eigenvalue weighted by Gasteiger charge is -2.07. The van der Waals surface area contributed by atoms with Gasteiger partial charge in [-0.15, -0.1) is 11.3 Å². The number of hydrogen-bond acceptors (Lipinski definition) is 6. The van der Waals surface area contributed by atoms with Gasteiger partial charge in [-0.3, -0.25) is 19.8 Å².